The van der Waals surface area contributed by atoms with E-state index >= 15 is 0 Å². The lowest BCUT2D eigenvalue weighted by atomic mass is 10.2. The minimum atomic E-state index is -3.31. The van der Waals surface area contributed by atoms with E-state index < -0.39 is 16.1 Å². The maximum atomic E-state index is 12.2. The zero-order valence-electron chi connectivity index (χ0n) is 12.0. The van der Waals surface area contributed by atoms with E-state index in [9.17, 15) is 13.2 Å². The van der Waals surface area contributed by atoms with Gasteiger partial charge in [-0.05, 0) is 38.0 Å². The molecule has 1 amide bonds. The van der Waals surface area contributed by atoms with Crippen LogP contribution in [-0.4, -0.2) is 49.6 Å². The normalized spacial score (nSPS) is 25.6. The SMILES string of the molecule is CCCS(=O)(=O)N1CCCC1C(=O)NCC(N)C1CC1. The van der Waals surface area contributed by atoms with Crippen molar-refractivity contribution in [2.75, 3.05) is 18.8 Å². The highest BCUT2D eigenvalue weighted by Crippen LogP contribution is 2.31. The van der Waals surface area contributed by atoms with Crippen LogP contribution in [0, 0.1) is 5.92 Å². The number of sulfonamides is 1. The van der Waals surface area contributed by atoms with Gasteiger partial charge in [-0.3, -0.25) is 4.79 Å². The van der Waals surface area contributed by atoms with E-state index in [0.717, 1.165) is 19.3 Å². The number of rotatable bonds is 7. The summed E-state index contributed by atoms with van der Waals surface area (Å²) < 4.78 is 25.6. The van der Waals surface area contributed by atoms with E-state index in [2.05, 4.69) is 5.32 Å². The molecule has 2 atom stereocenters. The molecule has 20 heavy (non-hydrogen) atoms. The maximum absolute atomic E-state index is 12.2. The minimum absolute atomic E-state index is 0.000974. The Morgan fingerprint density at radius 2 is 2.10 bits per heavy atom. The first-order valence-corrected chi connectivity index (χ1v) is 9.09. The molecule has 0 aromatic carbocycles. The fourth-order valence-electron chi connectivity index (χ4n) is 2.74. The van der Waals surface area contributed by atoms with Crippen LogP contribution in [0.25, 0.3) is 0 Å². The van der Waals surface area contributed by atoms with Crippen LogP contribution in [0.5, 0.6) is 0 Å². The van der Waals surface area contributed by atoms with Gasteiger partial charge in [-0.25, -0.2) is 8.42 Å². The molecule has 7 heteroatoms. The molecule has 1 saturated heterocycles. The average Bonchev–Trinajstić information content (AvgIpc) is 3.11. The number of nitrogens with two attached hydrogens (primary N) is 1. The van der Waals surface area contributed by atoms with Gasteiger partial charge in [0, 0.05) is 19.1 Å². The zero-order valence-corrected chi connectivity index (χ0v) is 12.9. The molecule has 0 aromatic heterocycles. The highest BCUT2D eigenvalue weighted by molar-refractivity contribution is 7.89. The molecule has 6 nitrogen and oxygen atoms in total. The van der Waals surface area contributed by atoms with Gasteiger partial charge in [-0.2, -0.15) is 4.31 Å². The summed E-state index contributed by atoms with van der Waals surface area (Å²) in [6.07, 6.45) is 4.19. The summed E-state index contributed by atoms with van der Waals surface area (Å²) in [6, 6.07) is -0.543. The van der Waals surface area contributed by atoms with Crippen LogP contribution in [-0.2, 0) is 14.8 Å². The second-order valence-electron chi connectivity index (χ2n) is 5.83. The first-order chi connectivity index (χ1) is 9.45. The van der Waals surface area contributed by atoms with Crippen LogP contribution in [0.2, 0.25) is 0 Å². The summed E-state index contributed by atoms with van der Waals surface area (Å²) in [7, 11) is -3.31. The summed E-state index contributed by atoms with van der Waals surface area (Å²) in [5.41, 5.74) is 5.95. The van der Waals surface area contributed by atoms with Crippen molar-refractivity contribution >= 4 is 15.9 Å². The number of hydrogen-bond donors (Lipinski definition) is 2. The summed E-state index contributed by atoms with van der Waals surface area (Å²) >= 11 is 0. The molecular formula is C13H25N3O3S. The quantitative estimate of drug-likeness (QED) is 0.695. The third kappa shape index (κ3) is 3.71. The second-order valence-corrected chi connectivity index (χ2v) is 7.87. The highest BCUT2D eigenvalue weighted by atomic mass is 32.2. The van der Waals surface area contributed by atoms with E-state index in [1.54, 1.807) is 0 Å². The van der Waals surface area contributed by atoms with E-state index in [4.69, 9.17) is 5.73 Å². The van der Waals surface area contributed by atoms with Crippen molar-refractivity contribution in [1.82, 2.24) is 9.62 Å². The van der Waals surface area contributed by atoms with Crippen molar-refractivity contribution in [3.8, 4) is 0 Å². The lowest BCUT2D eigenvalue weighted by Gasteiger charge is -2.23. The molecule has 0 aromatic rings. The van der Waals surface area contributed by atoms with Crippen LogP contribution in [0.15, 0.2) is 0 Å². The Morgan fingerprint density at radius 3 is 2.70 bits per heavy atom. The monoisotopic (exact) mass is 303 g/mol. The van der Waals surface area contributed by atoms with Gasteiger partial charge in [0.25, 0.3) is 0 Å². The molecule has 3 N–H and O–H groups in total. The predicted molar refractivity (Wildman–Crippen MR) is 77.5 cm³/mol. The van der Waals surface area contributed by atoms with Gasteiger partial charge in [0.15, 0.2) is 0 Å². The summed E-state index contributed by atoms with van der Waals surface area (Å²) in [5.74, 6) is 0.440. The molecule has 2 fully saturated rings. The van der Waals surface area contributed by atoms with E-state index in [0.29, 0.717) is 31.8 Å². The Bertz CT molecular complexity index is 448. The Labute approximate surface area is 121 Å². The third-order valence-electron chi connectivity index (χ3n) is 4.07. The molecule has 1 saturated carbocycles. The minimum Gasteiger partial charge on any atom is -0.353 e. The largest absolute Gasteiger partial charge is 0.353 e. The fourth-order valence-corrected chi connectivity index (χ4v) is 4.48. The topological polar surface area (TPSA) is 92.5 Å². The zero-order chi connectivity index (χ0) is 14.8. The van der Waals surface area contributed by atoms with Crippen LogP contribution in [0.1, 0.15) is 39.0 Å². The highest BCUT2D eigenvalue weighted by Gasteiger charge is 2.38. The number of carbonyl (C=O) groups is 1. The number of hydrogen-bond acceptors (Lipinski definition) is 4. The molecule has 116 valence electrons. The molecule has 2 unspecified atom stereocenters. The van der Waals surface area contributed by atoms with Crippen molar-refractivity contribution in [2.24, 2.45) is 11.7 Å². The Kier molecular flexibility index (Phi) is 5.04. The van der Waals surface area contributed by atoms with Gasteiger partial charge in [0.05, 0.1) is 5.75 Å². The molecule has 1 aliphatic heterocycles. The summed E-state index contributed by atoms with van der Waals surface area (Å²) in [5, 5.41) is 2.82. The Hall–Kier alpha value is -0.660. The van der Waals surface area contributed by atoms with Crippen LogP contribution in [0.4, 0.5) is 0 Å². The second kappa shape index (κ2) is 6.41. The summed E-state index contributed by atoms with van der Waals surface area (Å²) in [4.78, 5) is 12.2. The van der Waals surface area contributed by atoms with Gasteiger partial charge >= 0.3 is 0 Å². The van der Waals surface area contributed by atoms with Crippen molar-refractivity contribution < 1.29 is 13.2 Å². The molecule has 2 rings (SSSR count). The van der Waals surface area contributed by atoms with Crippen molar-refractivity contribution in [3.63, 3.8) is 0 Å². The van der Waals surface area contributed by atoms with E-state index in [1.165, 1.54) is 4.31 Å². The van der Waals surface area contributed by atoms with Crippen molar-refractivity contribution in [1.29, 1.82) is 0 Å². The lowest BCUT2D eigenvalue weighted by molar-refractivity contribution is -0.124. The smallest absolute Gasteiger partial charge is 0.238 e. The van der Waals surface area contributed by atoms with Crippen LogP contribution in [0.3, 0.4) is 0 Å². The first-order valence-electron chi connectivity index (χ1n) is 7.48. The van der Waals surface area contributed by atoms with Gasteiger partial charge < -0.3 is 11.1 Å². The number of carbonyl (C=O) groups excluding carboxylic acids is 1. The van der Waals surface area contributed by atoms with E-state index in [1.807, 2.05) is 6.92 Å². The first kappa shape index (κ1) is 15.7. The Balaban J connectivity index is 1.90. The van der Waals surface area contributed by atoms with Crippen LogP contribution >= 0.6 is 0 Å². The van der Waals surface area contributed by atoms with E-state index in [-0.39, 0.29) is 17.7 Å². The van der Waals surface area contributed by atoms with Gasteiger partial charge in [0.2, 0.25) is 15.9 Å². The third-order valence-corrected chi connectivity index (χ3v) is 6.14. The average molecular weight is 303 g/mol. The number of nitrogens with zero attached hydrogens (tertiary/aromatic N) is 1. The maximum Gasteiger partial charge on any atom is 0.238 e. The van der Waals surface area contributed by atoms with Gasteiger partial charge in [0.1, 0.15) is 6.04 Å². The van der Waals surface area contributed by atoms with Gasteiger partial charge in [-0.1, -0.05) is 6.92 Å². The molecule has 1 heterocycles. The Morgan fingerprint density at radius 1 is 1.40 bits per heavy atom. The summed E-state index contributed by atoms with van der Waals surface area (Å²) in [6.45, 7) is 2.73. The number of amides is 1. The van der Waals surface area contributed by atoms with Crippen molar-refractivity contribution in [3.05, 3.63) is 0 Å². The van der Waals surface area contributed by atoms with Crippen molar-refractivity contribution in [2.45, 2.75) is 51.1 Å². The fraction of sp³-hybridized carbons (Fsp3) is 0.923. The van der Waals surface area contributed by atoms with Crippen LogP contribution < -0.4 is 11.1 Å². The molecule has 0 radical (unpaired) electrons. The molecule has 2 aliphatic rings. The lowest BCUT2D eigenvalue weighted by Crippen LogP contribution is -2.49. The van der Waals surface area contributed by atoms with Gasteiger partial charge in [-0.15, -0.1) is 0 Å². The molecule has 0 spiro atoms. The predicted octanol–water partition coefficient (Wildman–Crippen LogP) is 0.0441. The molecule has 0 bridgehead atoms. The molecule has 1 aliphatic carbocycles. The standard InChI is InChI=1S/C13H25N3O3S/c1-2-8-20(18,19)16-7-3-4-12(16)13(17)15-9-11(14)10-5-6-10/h10-12H,2-9,14H2,1H3,(H,15,17). The number of nitrogens with one attached hydrogen (secondary N) is 1. The molecular weight excluding hydrogens is 278 g/mol.